The lowest BCUT2D eigenvalue weighted by Gasteiger charge is -2.23. The number of halogens is 1. The molecule has 0 saturated heterocycles. The van der Waals surface area contributed by atoms with Crippen LogP contribution in [0.1, 0.15) is 28.8 Å². The Morgan fingerprint density at radius 3 is 2.57 bits per heavy atom. The lowest BCUT2D eigenvalue weighted by molar-refractivity contribution is -0.134. The molecule has 1 aliphatic carbocycles. The van der Waals surface area contributed by atoms with Crippen molar-refractivity contribution >= 4 is 23.0 Å². The Bertz CT molecular complexity index is 1030. The highest BCUT2D eigenvalue weighted by Crippen LogP contribution is 2.30. The number of ether oxygens (including phenoxy) is 1. The van der Waals surface area contributed by atoms with Gasteiger partial charge in [0.1, 0.15) is 11.6 Å². The molecule has 1 saturated carbocycles. The van der Waals surface area contributed by atoms with E-state index in [-0.39, 0.29) is 30.9 Å². The molecule has 4 nitrogen and oxygen atoms in total. The van der Waals surface area contributed by atoms with Crippen molar-refractivity contribution in [1.29, 1.82) is 0 Å². The molecule has 142 valence electrons. The van der Waals surface area contributed by atoms with E-state index in [4.69, 9.17) is 4.74 Å². The highest BCUT2D eigenvalue weighted by molar-refractivity contribution is 6.00. The Kier molecular flexibility index (Phi) is 5.06. The molecule has 0 N–H and O–H groups in total. The average Bonchev–Trinajstić information content (AvgIpc) is 3.56. The van der Waals surface area contributed by atoms with Crippen molar-refractivity contribution in [2.45, 2.75) is 25.4 Å². The van der Waals surface area contributed by atoms with E-state index in [1.807, 2.05) is 30.3 Å². The summed E-state index contributed by atoms with van der Waals surface area (Å²) < 4.78 is 19.7. The van der Waals surface area contributed by atoms with Crippen molar-refractivity contribution in [3.05, 3.63) is 77.6 Å². The zero-order valence-electron chi connectivity index (χ0n) is 15.3. The molecule has 28 heavy (non-hydrogen) atoms. The van der Waals surface area contributed by atoms with Gasteiger partial charge in [-0.25, -0.2) is 4.39 Å². The Morgan fingerprint density at radius 2 is 1.82 bits per heavy atom. The summed E-state index contributed by atoms with van der Waals surface area (Å²) in [6.07, 6.45) is 2.58. The van der Waals surface area contributed by atoms with Crippen LogP contribution in [0.4, 0.5) is 4.39 Å². The number of benzene rings is 3. The standard InChI is InChI=1S/C23H20FNO3/c24-21-8-4-2-6-17(21)13-25(18-10-11-18)23(27)15-28-22-12-9-16-5-1-3-7-19(16)20(22)14-26/h1-9,12,14,18H,10-11,13,15H2. The Labute approximate surface area is 162 Å². The van der Waals surface area contributed by atoms with Crippen molar-refractivity contribution in [2.75, 3.05) is 6.61 Å². The SMILES string of the molecule is O=Cc1c(OCC(=O)N(Cc2ccccc2F)C2CC2)ccc2ccccc12. The summed E-state index contributed by atoms with van der Waals surface area (Å²) in [6.45, 7) is 0.0297. The zero-order valence-corrected chi connectivity index (χ0v) is 15.3. The van der Waals surface area contributed by atoms with Gasteiger partial charge in [-0.05, 0) is 35.7 Å². The predicted molar refractivity (Wildman–Crippen MR) is 105 cm³/mol. The fourth-order valence-corrected chi connectivity index (χ4v) is 3.36. The van der Waals surface area contributed by atoms with Crippen molar-refractivity contribution in [3.63, 3.8) is 0 Å². The summed E-state index contributed by atoms with van der Waals surface area (Å²) in [7, 11) is 0. The normalized spacial score (nSPS) is 13.3. The zero-order chi connectivity index (χ0) is 19.5. The van der Waals surface area contributed by atoms with Gasteiger partial charge in [-0.1, -0.05) is 48.5 Å². The van der Waals surface area contributed by atoms with E-state index in [1.54, 1.807) is 29.2 Å². The van der Waals surface area contributed by atoms with Crippen LogP contribution in [-0.4, -0.2) is 29.7 Å². The van der Waals surface area contributed by atoms with E-state index in [0.717, 1.165) is 29.9 Å². The lowest BCUT2D eigenvalue weighted by Crippen LogP contribution is -2.36. The van der Waals surface area contributed by atoms with Gasteiger partial charge in [0.05, 0.1) is 5.56 Å². The summed E-state index contributed by atoms with van der Waals surface area (Å²) >= 11 is 0. The summed E-state index contributed by atoms with van der Waals surface area (Å²) in [5.41, 5.74) is 0.917. The van der Waals surface area contributed by atoms with Gasteiger partial charge in [-0.15, -0.1) is 0 Å². The van der Waals surface area contributed by atoms with Crippen molar-refractivity contribution in [3.8, 4) is 5.75 Å². The van der Waals surface area contributed by atoms with Gasteiger partial charge >= 0.3 is 0 Å². The summed E-state index contributed by atoms with van der Waals surface area (Å²) in [5, 5.41) is 1.72. The second-order valence-electron chi connectivity index (χ2n) is 6.95. The highest BCUT2D eigenvalue weighted by atomic mass is 19.1. The number of fused-ring (bicyclic) bond motifs is 1. The van der Waals surface area contributed by atoms with Gasteiger partial charge in [-0.3, -0.25) is 9.59 Å². The smallest absolute Gasteiger partial charge is 0.261 e. The van der Waals surface area contributed by atoms with Gasteiger partial charge in [0.25, 0.3) is 5.91 Å². The van der Waals surface area contributed by atoms with Crippen LogP contribution >= 0.6 is 0 Å². The number of rotatable bonds is 7. The average molecular weight is 377 g/mol. The van der Waals surface area contributed by atoms with E-state index in [2.05, 4.69) is 0 Å². The number of carbonyl (C=O) groups is 2. The molecule has 0 spiro atoms. The predicted octanol–water partition coefficient (Wildman–Crippen LogP) is 4.36. The highest BCUT2D eigenvalue weighted by Gasteiger charge is 2.33. The third-order valence-electron chi connectivity index (χ3n) is 5.01. The molecule has 0 atom stereocenters. The molecule has 1 amide bonds. The second kappa shape index (κ2) is 7.80. The molecule has 5 heteroatoms. The van der Waals surface area contributed by atoms with Crippen molar-refractivity contribution < 1.29 is 18.7 Å². The van der Waals surface area contributed by atoms with E-state index in [0.29, 0.717) is 16.9 Å². The number of nitrogens with zero attached hydrogens (tertiary/aromatic N) is 1. The minimum absolute atomic E-state index is 0.123. The summed E-state index contributed by atoms with van der Waals surface area (Å²) in [5.74, 6) is -0.154. The van der Waals surface area contributed by atoms with E-state index in [1.165, 1.54) is 6.07 Å². The van der Waals surface area contributed by atoms with Crippen molar-refractivity contribution in [1.82, 2.24) is 4.90 Å². The second-order valence-corrected chi connectivity index (χ2v) is 6.95. The first-order chi connectivity index (χ1) is 13.7. The molecule has 0 heterocycles. The van der Waals surface area contributed by atoms with Gasteiger partial charge in [-0.2, -0.15) is 0 Å². The third kappa shape index (κ3) is 3.74. The number of amides is 1. The Balaban J connectivity index is 1.50. The lowest BCUT2D eigenvalue weighted by atomic mass is 10.0. The number of carbonyl (C=O) groups excluding carboxylic acids is 2. The summed E-state index contributed by atoms with van der Waals surface area (Å²) in [4.78, 5) is 26.0. The quantitative estimate of drug-likeness (QED) is 0.575. The maximum absolute atomic E-state index is 14.0. The maximum Gasteiger partial charge on any atom is 0.261 e. The van der Waals surface area contributed by atoms with Gasteiger partial charge in [0.2, 0.25) is 0 Å². The maximum atomic E-state index is 14.0. The Morgan fingerprint density at radius 1 is 1.07 bits per heavy atom. The molecule has 0 bridgehead atoms. The topological polar surface area (TPSA) is 46.6 Å². The number of aldehydes is 1. The van der Waals surface area contributed by atoms with Crippen LogP contribution in [0.3, 0.4) is 0 Å². The van der Waals surface area contributed by atoms with Crippen LogP contribution in [0.25, 0.3) is 10.8 Å². The first kappa shape index (κ1) is 18.2. The molecule has 3 aromatic carbocycles. The van der Waals surface area contributed by atoms with Crippen LogP contribution < -0.4 is 4.74 Å². The Hall–Kier alpha value is -3.21. The monoisotopic (exact) mass is 377 g/mol. The first-order valence-corrected chi connectivity index (χ1v) is 9.30. The minimum Gasteiger partial charge on any atom is -0.483 e. The molecule has 0 unspecified atom stereocenters. The minimum atomic E-state index is -0.320. The molecule has 3 aromatic rings. The van der Waals surface area contributed by atoms with Gasteiger partial charge < -0.3 is 9.64 Å². The molecular formula is C23H20FNO3. The fourth-order valence-electron chi connectivity index (χ4n) is 3.36. The molecule has 0 aliphatic heterocycles. The third-order valence-corrected chi connectivity index (χ3v) is 5.01. The van der Waals surface area contributed by atoms with E-state index in [9.17, 15) is 14.0 Å². The molecule has 0 radical (unpaired) electrons. The van der Waals surface area contributed by atoms with Crippen LogP contribution in [0, 0.1) is 5.82 Å². The molecule has 4 rings (SSSR count). The van der Waals surface area contributed by atoms with Gasteiger partial charge in [0.15, 0.2) is 12.9 Å². The van der Waals surface area contributed by atoms with Crippen LogP contribution in [0.5, 0.6) is 5.75 Å². The largest absolute Gasteiger partial charge is 0.483 e. The molecule has 1 aliphatic rings. The first-order valence-electron chi connectivity index (χ1n) is 9.30. The molecular weight excluding hydrogens is 357 g/mol. The molecule has 0 aromatic heterocycles. The molecule has 1 fully saturated rings. The fraction of sp³-hybridized carbons (Fsp3) is 0.217. The summed E-state index contributed by atoms with van der Waals surface area (Å²) in [6, 6.07) is 17.7. The van der Waals surface area contributed by atoms with Crippen LogP contribution in [0.2, 0.25) is 0 Å². The van der Waals surface area contributed by atoms with Crippen molar-refractivity contribution in [2.24, 2.45) is 0 Å². The van der Waals surface area contributed by atoms with Crippen LogP contribution in [0.15, 0.2) is 60.7 Å². The van der Waals surface area contributed by atoms with Gasteiger partial charge in [0, 0.05) is 18.2 Å². The van der Waals surface area contributed by atoms with E-state index < -0.39 is 0 Å². The number of hydrogen-bond acceptors (Lipinski definition) is 3. The van der Waals surface area contributed by atoms with E-state index >= 15 is 0 Å². The van der Waals surface area contributed by atoms with Crippen LogP contribution in [-0.2, 0) is 11.3 Å². The number of hydrogen-bond donors (Lipinski definition) is 0.